The first-order valence-corrected chi connectivity index (χ1v) is 13.2. The number of carbonyl (C=O) groups excluding carboxylic acids is 3. The molecule has 1 aliphatic heterocycles. The fourth-order valence-electron chi connectivity index (χ4n) is 4.03. The van der Waals surface area contributed by atoms with Gasteiger partial charge in [0.15, 0.2) is 0 Å². The van der Waals surface area contributed by atoms with Gasteiger partial charge in [-0.2, -0.15) is 0 Å². The summed E-state index contributed by atoms with van der Waals surface area (Å²) in [5, 5.41) is 6.08. The van der Waals surface area contributed by atoms with E-state index in [1.165, 1.54) is 18.9 Å². The number of amides is 3. The van der Waals surface area contributed by atoms with Crippen molar-refractivity contribution in [3.8, 4) is 5.75 Å². The zero-order valence-corrected chi connectivity index (χ0v) is 22.9. The fourth-order valence-corrected chi connectivity index (χ4v) is 5.01. The SMILES string of the molecule is COc1ccc(C)cc1N1C(=O)C(Nc2ccc(C)cc2)=C(Sc2cccc(NC(=O)CC(C)C)c2)C1=O. The Kier molecular flexibility index (Phi) is 8.22. The third-order valence-corrected chi connectivity index (χ3v) is 6.94. The van der Waals surface area contributed by atoms with Crippen LogP contribution in [-0.4, -0.2) is 24.8 Å². The summed E-state index contributed by atoms with van der Waals surface area (Å²) < 4.78 is 5.48. The molecule has 0 bridgehead atoms. The minimum absolute atomic E-state index is 0.0760. The maximum atomic E-state index is 13.8. The summed E-state index contributed by atoms with van der Waals surface area (Å²) in [5.74, 6) is -0.336. The summed E-state index contributed by atoms with van der Waals surface area (Å²) in [6, 6.07) is 20.2. The molecule has 0 unspecified atom stereocenters. The average molecular weight is 530 g/mol. The molecule has 3 aromatic carbocycles. The third kappa shape index (κ3) is 6.08. The zero-order valence-electron chi connectivity index (χ0n) is 22.1. The Hall–Kier alpha value is -4.04. The summed E-state index contributed by atoms with van der Waals surface area (Å²) in [6.45, 7) is 7.84. The Morgan fingerprint density at radius 1 is 0.921 bits per heavy atom. The first-order chi connectivity index (χ1) is 18.2. The number of imide groups is 1. The zero-order chi connectivity index (χ0) is 27.4. The van der Waals surface area contributed by atoms with E-state index in [-0.39, 0.29) is 22.4 Å². The summed E-state index contributed by atoms with van der Waals surface area (Å²) in [4.78, 5) is 41.9. The molecule has 0 atom stereocenters. The number of nitrogens with zero attached hydrogens (tertiary/aromatic N) is 1. The molecule has 3 aromatic rings. The van der Waals surface area contributed by atoms with Crippen molar-refractivity contribution in [1.82, 2.24) is 0 Å². The van der Waals surface area contributed by atoms with Crippen LogP contribution in [0.15, 0.2) is 82.2 Å². The molecule has 196 valence electrons. The predicted octanol–water partition coefficient (Wildman–Crippen LogP) is 6.29. The van der Waals surface area contributed by atoms with E-state index in [4.69, 9.17) is 4.74 Å². The van der Waals surface area contributed by atoms with Gasteiger partial charge in [0.1, 0.15) is 16.4 Å². The van der Waals surface area contributed by atoms with E-state index in [1.54, 1.807) is 24.3 Å². The van der Waals surface area contributed by atoms with E-state index < -0.39 is 11.8 Å². The number of hydrogen-bond donors (Lipinski definition) is 2. The molecule has 1 aliphatic rings. The van der Waals surface area contributed by atoms with Crippen LogP contribution in [-0.2, 0) is 14.4 Å². The lowest BCUT2D eigenvalue weighted by Gasteiger charge is -2.19. The van der Waals surface area contributed by atoms with Crippen LogP contribution in [0.2, 0.25) is 0 Å². The Bertz CT molecular complexity index is 1410. The highest BCUT2D eigenvalue weighted by molar-refractivity contribution is 8.04. The second kappa shape index (κ2) is 11.6. The van der Waals surface area contributed by atoms with E-state index in [1.807, 2.05) is 70.2 Å². The van der Waals surface area contributed by atoms with Crippen molar-refractivity contribution in [3.63, 3.8) is 0 Å². The molecule has 8 heteroatoms. The maximum Gasteiger partial charge on any atom is 0.283 e. The van der Waals surface area contributed by atoms with Crippen LogP contribution < -0.4 is 20.3 Å². The van der Waals surface area contributed by atoms with Crippen LogP contribution in [0.3, 0.4) is 0 Å². The van der Waals surface area contributed by atoms with Crippen LogP contribution >= 0.6 is 11.8 Å². The second-order valence-corrected chi connectivity index (χ2v) is 10.7. The van der Waals surface area contributed by atoms with Crippen molar-refractivity contribution in [2.45, 2.75) is 39.0 Å². The van der Waals surface area contributed by atoms with Gasteiger partial charge in [0.25, 0.3) is 11.8 Å². The monoisotopic (exact) mass is 529 g/mol. The van der Waals surface area contributed by atoms with Crippen molar-refractivity contribution in [3.05, 3.63) is 88.5 Å². The number of rotatable bonds is 9. The van der Waals surface area contributed by atoms with Gasteiger partial charge in [-0.3, -0.25) is 14.4 Å². The van der Waals surface area contributed by atoms with Crippen molar-refractivity contribution in [1.29, 1.82) is 0 Å². The van der Waals surface area contributed by atoms with Crippen molar-refractivity contribution in [2.24, 2.45) is 5.92 Å². The van der Waals surface area contributed by atoms with Gasteiger partial charge in [-0.25, -0.2) is 4.90 Å². The van der Waals surface area contributed by atoms with Crippen LogP contribution in [0, 0.1) is 19.8 Å². The minimum atomic E-state index is -0.469. The van der Waals surface area contributed by atoms with Gasteiger partial charge in [-0.15, -0.1) is 0 Å². The Morgan fingerprint density at radius 3 is 2.32 bits per heavy atom. The number of carbonyl (C=O) groups is 3. The molecule has 0 fully saturated rings. The van der Waals surface area contributed by atoms with E-state index in [9.17, 15) is 14.4 Å². The number of aryl methyl sites for hydroxylation is 2. The van der Waals surface area contributed by atoms with Gasteiger partial charge in [0, 0.05) is 22.7 Å². The molecular weight excluding hydrogens is 498 g/mol. The van der Waals surface area contributed by atoms with Gasteiger partial charge >= 0.3 is 0 Å². The molecular formula is C30H31N3O4S. The topological polar surface area (TPSA) is 87.7 Å². The summed E-state index contributed by atoms with van der Waals surface area (Å²) in [7, 11) is 1.51. The lowest BCUT2D eigenvalue weighted by Crippen LogP contribution is -2.32. The van der Waals surface area contributed by atoms with Crippen LogP contribution in [0.4, 0.5) is 17.1 Å². The molecule has 0 aliphatic carbocycles. The smallest absolute Gasteiger partial charge is 0.283 e. The minimum Gasteiger partial charge on any atom is -0.495 e. The maximum absolute atomic E-state index is 13.8. The standard InChI is InChI=1S/C30H31N3O4S/c1-18(2)15-26(34)31-22-7-6-8-23(17-22)38-28-27(32-21-12-9-19(3)10-13-21)29(35)33(30(28)36)24-16-20(4)11-14-25(24)37-5/h6-14,16-18,32H,15H2,1-5H3,(H,31,34). The van der Waals surface area contributed by atoms with Crippen molar-refractivity contribution < 1.29 is 19.1 Å². The van der Waals surface area contributed by atoms with Gasteiger partial charge in [0.2, 0.25) is 5.91 Å². The summed E-state index contributed by atoms with van der Waals surface area (Å²) in [5.41, 5.74) is 3.86. The number of ether oxygens (including phenoxy) is 1. The first-order valence-electron chi connectivity index (χ1n) is 12.4. The number of benzene rings is 3. The molecule has 3 amide bonds. The molecule has 0 spiro atoms. The first kappa shape index (κ1) is 27.0. The molecule has 2 N–H and O–H groups in total. The van der Waals surface area contributed by atoms with Crippen LogP contribution in [0.25, 0.3) is 0 Å². The quantitative estimate of drug-likeness (QED) is 0.317. The van der Waals surface area contributed by atoms with Gasteiger partial charge in [-0.05, 0) is 67.8 Å². The molecule has 0 aromatic heterocycles. The van der Waals surface area contributed by atoms with Crippen LogP contribution in [0.5, 0.6) is 5.75 Å². The molecule has 38 heavy (non-hydrogen) atoms. The molecule has 0 saturated heterocycles. The largest absolute Gasteiger partial charge is 0.495 e. The third-order valence-electron chi connectivity index (χ3n) is 5.87. The number of nitrogens with one attached hydrogen (secondary N) is 2. The van der Waals surface area contributed by atoms with Crippen molar-refractivity contribution >= 4 is 46.5 Å². The average Bonchev–Trinajstić information content (AvgIpc) is 3.08. The Labute approximate surface area is 227 Å². The fraction of sp³-hybridized carbons (Fsp3) is 0.233. The highest BCUT2D eigenvalue weighted by Gasteiger charge is 2.41. The number of anilines is 3. The van der Waals surface area contributed by atoms with E-state index in [0.717, 1.165) is 16.0 Å². The molecule has 4 rings (SSSR count). The molecule has 0 radical (unpaired) electrons. The Morgan fingerprint density at radius 2 is 1.63 bits per heavy atom. The molecule has 7 nitrogen and oxygen atoms in total. The van der Waals surface area contributed by atoms with E-state index in [0.29, 0.717) is 34.1 Å². The highest BCUT2D eigenvalue weighted by Crippen LogP contribution is 2.41. The summed E-state index contributed by atoms with van der Waals surface area (Å²) >= 11 is 1.18. The van der Waals surface area contributed by atoms with E-state index >= 15 is 0 Å². The second-order valence-electron chi connectivity index (χ2n) is 9.59. The normalized spacial score (nSPS) is 13.4. The lowest BCUT2D eigenvalue weighted by molar-refractivity contribution is -0.120. The number of thioether (sulfide) groups is 1. The van der Waals surface area contributed by atoms with Gasteiger partial charge in [-0.1, -0.05) is 55.4 Å². The summed E-state index contributed by atoms with van der Waals surface area (Å²) in [6.07, 6.45) is 0.410. The van der Waals surface area contributed by atoms with Crippen molar-refractivity contribution in [2.75, 3.05) is 22.6 Å². The lowest BCUT2D eigenvalue weighted by atomic mass is 10.1. The predicted molar refractivity (Wildman–Crippen MR) is 152 cm³/mol. The molecule has 1 heterocycles. The van der Waals surface area contributed by atoms with Gasteiger partial charge < -0.3 is 15.4 Å². The number of methoxy groups -OCH3 is 1. The Balaban J connectivity index is 1.71. The van der Waals surface area contributed by atoms with Gasteiger partial charge in [0.05, 0.1) is 12.8 Å². The van der Waals surface area contributed by atoms with E-state index in [2.05, 4.69) is 10.6 Å². The van der Waals surface area contributed by atoms with Crippen LogP contribution in [0.1, 0.15) is 31.4 Å². The molecule has 0 saturated carbocycles. The highest BCUT2D eigenvalue weighted by atomic mass is 32.2. The number of hydrogen-bond acceptors (Lipinski definition) is 6.